The molecule has 9 rings (SSSR count). The van der Waals surface area contributed by atoms with Gasteiger partial charge in [-0.15, -0.1) is 0 Å². The van der Waals surface area contributed by atoms with Gasteiger partial charge in [-0.1, -0.05) is 0 Å². The number of benzene rings is 2. The van der Waals surface area contributed by atoms with Gasteiger partial charge >= 0.3 is 6.09 Å². The fourth-order valence-electron chi connectivity index (χ4n) is 7.18. The van der Waals surface area contributed by atoms with E-state index >= 15 is 4.39 Å². The average molecular weight is 733 g/mol. The number of hydrogen-bond donors (Lipinski definition) is 1. The number of rotatable bonds is 4. The van der Waals surface area contributed by atoms with Gasteiger partial charge in [-0.05, 0) is 77.5 Å². The van der Waals surface area contributed by atoms with Crippen LogP contribution in [0.5, 0.6) is 0 Å². The Hall–Kier alpha value is -5.34. The van der Waals surface area contributed by atoms with Crippen LogP contribution in [0.15, 0.2) is 42.7 Å². The van der Waals surface area contributed by atoms with Crippen LogP contribution in [0.25, 0.3) is 44.0 Å². The second-order valence-corrected chi connectivity index (χ2v) is 15.1. The van der Waals surface area contributed by atoms with Crippen LogP contribution in [0.4, 0.5) is 23.7 Å². The van der Waals surface area contributed by atoms with Crippen LogP contribution in [0, 0.1) is 31.3 Å². The molecule has 4 aromatic heterocycles. The lowest BCUT2D eigenvalue weighted by atomic mass is 10.0. The number of carbonyl (C=O) groups is 1. The molecule has 0 spiro atoms. The third-order valence-electron chi connectivity index (χ3n) is 9.80. The number of oxazole rings is 2. The first-order valence-electron chi connectivity index (χ1n) is 17.9. The van der Waals surface area contributed by atoms with Gasteiger partial charge in [0, 0.05) is 61.9 Å². The molecular weight excluding hydrogens is 693 g/mol. The average Bonchev–Trinajstić information content (AvgIpc) is 4.02. The third-order valence-corrected chi connectivity index (χ3v) is 9.80. The van der Waals surface area contributed by atoms with Crippen molar-refractivity contribution < 1.29 is 31.5 Å². The molecule has 2 aliphatic carbocycles. The summed E-state index contributed by atoms with van der Waals surface area (Å²) in [7, 11) is 0. The van der Waals surface area contributed by atoms with Gasteiger partial charge in [-0.25, -0.2) is 27.9 Å². The maximum absolute atomic E-state index is 15.3. The van der Waals surface area contributed by atoms with Gasteiger partial charge in [-0.2, -0.15) is 0 Å². The van der Waals surface area contributed by atoms with Gasteiger partial charge in [0.1, 0.15) is 11.4 Å². The highest BCUT2D eigenvalue weighted by atomic mass is 19.2. The number of fused-ring (bicyclic) bond motifs is 6. The highest BCUT2D eigenvalue weighted by Crippen LogP contribution is 2.40. The Kier molecular flexibility index (Phi) is 8.30. The minimum atomic E-state index is -0.970. The molecule has 5 heterocycles. The van der Waals surface area contributed by atoms with E-state index in [-0.39, 0.29) is 51.7 Å². The first-order valence-corrected chi connectivity index (χ1v) is 17.9. The summed E-state index contributed by atoms with van der Waals surface area (Å²) in [6.07, 6.45) is 4.47. The van der Waals surface area contributed by atoms with Crippen LogP contribution in [0.3, 0.4) is 0 Å². The normalized spacial score (nSPS) is 16.8. The number of pyridine rings is 2. The van der Waals surface area contributed by atoms with E-state index in [2.05, 4.69) is 15.3 Å². The van der Waals surface area contributed by atoms with Crippen LogP contribution in [-0.4, -0.2) is 49.9 Å². The monoisotopic (exact) mass is 732 g/mol. The molecule has 6 aromatic rings. The van der Waals surface area contributed by atoms with Gasteiger partial charge in [0.15, 0.2) is 45.6 Å². The van der Waals surface area contributed by atoms with Gasteiger partial charge < -0.3 is 32.9 Å². The predicted octanol–water partition coefficient (Wildman–Crippen LogP) is 7.48. The van der Waals surface area contributed by atoms with Gasteiger partial charge in [0.2, 0.25) is 0 Å². The van der Waals surface area contributed by atoms with Crippen molar-refractivity contribution in [1.82, 2.24) is 24.4 Å². The summed E-state index contributed by atoms with van der Waals surface area (Å²) in [4.78, 5) is 48.0. The maximum atomic E-state index is 15.3. The number of carbonyl (C=O) groups excluding carboxylic acids is 1. The van der Waals surface area contributed by atoms with Crippen molar-refractivity contribution in [2.75, 3.05) is 18.0 Å². The van der Waals surface area contributed by atoms with Crippen molar-refractivity contribution >= 4 is 55.8 Å². The van der Waals surface area contributed by atoms with Gasteiger partial charge in [-0.3, -0.25) is 9.59 Å². The molecule has 0 radical (unpaired) electrons. The van der Waals surface area contributed by atoms with E-state index in [1.807, 2.05) is 25.7 Å². The molecule has 1 N–H and O–H groups in total. The van der Waals surface area contributed by atoms with Gasteiger partial charge in [0.05, 0.1) is 16.7 Å². The molecule has 1 saturated heterocycles. The Morgan fingerprint density at radius 3 is 1.72 bits per heavy atom. The number of halogens is 3. The second-order valence-electron chi connectivity index (χ2n) is 15.1. The summed E-state index contributed by atoms with van der Waals surface area (Å²) in [5.41, 5.74) is 1.45. The third kappa shape index (κ3) is 6.50. The van der Waals surface area contributed by atoms with Crippen LogP contribution in [-0.2, 0) is 4.74 Å². The molecule has 278 valence electrons. The smallest absolute Gasteiger partial charge is 0.407 e. The number of anilines is 1. The summed E-state index contributed by atoms with van der Waals surface area (Å²) >= 11 is 0. The summed E-state index contributed by atoms with van der Waals surface area (Å²) in [6, 6.07) is 5.47. The summed E-state index contributed by atoms with van der Waals surface area (Å²) in [5.74, 6) is -1.58. The van der Waals surface area contributed by atoms with Crippen molar-refractivity contribution in [3.63, 3.8) is 0 Å². The fraction of sp³-hybridized carbons (Fsp3) is 0.447. The quantitative estimate of drug-likeness (QED) is 0.196. The molecule has 15 heteroatoms. The Labute approximate surface area is 300 Å². The highest BCUT2D eigenvalue weighted by molar-refractivity contribution is 6.02. The van der Waals surface area contributed by atoms with Crippen LogP contribution in [0.2, 0.25) is 0 Å². The molecule has 3 fully saturated rings. The molecule has 12 nitrogen and oxygen atoms in total. The maximum Gasteiger partial charge on any atom is 0.407 e. The number of aromatic nitrogens is 4. The SMILES string of the molecule is Cc1nc2c(=O)n(C3CC3)c3cc(F)c(F)cc3c2o1.Cc1nc2c(=O)n(C3CC3)c3cc(N4CCC(NC(=O)OC(C)(C)C)CC4)c(F)cc3c2o1. The fourth-order valence-corrected chi connectivity index (χ4v) is 7.18. The van der Waals surface area contributed by atoms with E-state index in [1.165, 1.54) is 10.6 Å². The molecule has 1 aliphatic heterocycles. The van der Waals surface area contributed by atoms with Crippen LogP contribution in [0.1, 0.15) is 83.2 Å². The number of nitrogens with zero attached hydrogens (tertiary/aromatic N) is 5. The standard InChI is InChI=1S/C24H29FN4O4.C14H10F2N2O2/c1-13-26-20-21(32-13)16-11-17(25)19(12-18(16)29(22(20)30)15-5-6-15)28-9-7-14(8-10-28)27-23(31)33-24(2,3)4;1-6-17-12-13(20-6)8-4-9(15)10(16)5-11(8)18(14(12)19)7-2-3-7/h11-12,14-15H,5-10H2,1-4H3,(H,27,31);4-5,7H,2-3H2,1H3. The number of aryl methyl sites for hydroxylation is 2. The highest BCUT2D eigenvalue weighted by Gasteiger charge is 2.32. The molecule has 1 amide bonds. The zero-order valence-corrected chi connectivity index (χ0v) is 30.0. The number of piperidine rings is 1. The van der Waals surface area contributed by atoms with Crippen molar-refractivity contribution in [1.29, 1.82) is 0 Å². The van der Waals surface area contributed by atoms with E-state index < -0.39 is 23.3 Å². The number of ether oxygens (including phenoxy) is 1. The van der Waals surface area contributed by atoms with Crippen molar-refractivity contribution in [3.8, 4) is 0 Å². The molecule has 2 aromatic carbocycles. The molecule has 0 atom stereocenters. The zero-order chi connectivity index (χ0) is 37.5. The lowest BCUT2D eigenvalue weighted by Crippen LogP contribution is -2.46. The van der Waals surface area contributed by atoms with Crippen LogP contribution < -0.4 is 21.3 Å². The molecule has 0 bridgehead atoms. The van der Waals surface area contributed by atoms with Crippen molar-refractivity contribution in [3.05, 3.63) is 74.2 Å². The second kappa shape index (κ2) is 12.7. The lowest BCUT2D eigenvalue weighted by molar-refractivity contribution is 0.0497. The van der Waals surface area contributed by atoms with E-state index in [9.17, 15) is 23.2 Å². The van der Waals surface area contributed by atoms with Gasteiger partial charge in [0.25, 0.3) is 11.1 Å². The molecule has 3 aliphatic rings. The van der Waals surface area contributed by atoms with E-state index in [0.717, 1.165) is 37.8 Å². The summed E-state index contributed by atoms with van der Waals surface area (Å²) in [6.45, 7) is 9.95. The number of alkyl carbamates (subject to hydrolysis) is 1. The first kappa shape index (κ1) is 34.7. The molecule has 0 unspecified atom stereocenters. The minimum absolute atomic E-state index is 0.0268. The topological polar surface area (TPSA) is 138 Å². The Balaban J connectivity index is 0.000000170. The Morgan fingerprint density at radius 1 is 0.755 bits per heavy atom. The van der Waals surface area contributed by atoms with Crippen LogP contribution >= 0.6 is 0 Å². The number of nitrogens with one attached hydrogen (secondary N) is 1. The van der Waals surface area contributed by atoms with E-state index in [4.69, 9.17) is 13.6 Å². The Bertz CT molecular complexity index is 2570. The van der Waals surface area contributed by atoms with Crippen molar-refractivity contribution in [2.45, 2.75) is 96.9 Å². The minimum Gasteiger partial charge on any atom is -0.444 e. The zero-order valence-electron chi connectivity index (χ0n) is 30.0. The van der Waals surface area contributed by atoms with E-state index in [0.29, 0.717) is 70.8 Å². The summed E-state index contributed by atoms with van der Waals surface area (Å²) in [5, 5.41) is 3.86. The predicted molar refractivity (Wildman–Crippen MR) is 192 cm³/mol. The number of hydrogen-bond acceptors (Lipinski definition) is 9. The largest absolute Gasteiger partial charge is 0.444 e. The molecule has 53 heavy (non-hydrogen) atoms. The summed E-state index contributed by atoms with van der Waals surface area (Å²) < 4.78 is 62.0. The lowest BCUT2D eigenvalue weighted by Gasteiger charge is -2.34. The Morgan fingerprint density at radius 2 is 1.23 bits per heavy atom. The van der Waals surface area contributed by atoms with E-state index in [1.54, 1.807) is 24.5 Å². The first-order chi connectivity index (χ1) is 25.2. The van der Waals surface area contributed by atoms with Crippen molar-refractivity contribution in [2.24, 2.45) is 0 Å². The number of amides is 1. The molecular formula is C38H39F3N6O6. The molecule has 2 saturated carbocycles.